The van der Waals surface area contributed by atoms with E-state index < -0.39 is 0 Å². The summed E-state index contributed by atoms with van der Waals surface area (Å²) in [5, 5.41) is 1.15. The molecule has 0 aliphatic heterocycles. The zero-order chi connectivity index (χ0) is 10.8. The minimum atomic E-state index is 0.334. The second kappa shape index (κ2) is 4.54. The summed E-state index contributed by atoms with van der Waals surface area (Å²) in [5.41, 5.74) is 1.14. The Balaban J connectivity index is 2.21. The molecule has 15 heavy (non-hydrogen) atoms. The van der Waals surface area contributed by atoms with E-state index in [4.69, 9.17) is 23.2 Å². The largest absolute Gasteiger partial charge is 0.300 e. The van der Waals surface area contributed by atoms with E-state index in [1.807, 2.05) is 12.1 Å². The monoisotopic (exact) mass is 242 g/mol. The fourth-order valence-electron chi connectivity index (χ4n) is 2.08. The zero-order valence-electron chi connectivity index (χ0n) is 8.30. The van der Waals surface area contributed by atoms with Crippen LogP contribution in [0.25, 0.3) is 0 Å². The molecule has 1 aromatic carbocycles. The summed E-state index contributed by atoms with van der Waals surface area (Å²) in [6, 6.07) is 5.66. The average molecular weight is 243 g/mol. The topological polar surface area (TPSA) is 17.1 Å². The van der Waals surface area contributed by atoms with E-state index in [9.17, 15) is 4.79 Å². The molecule has 0 N–H and O–H groups in total. The number of hydrogen-bond donors (Lipinski definition) is 0. The van der Waals surface area contributed by atoms with Gasteiger partial charge >= 0.3 is 0 Å². The Labute approximate surface area is 99.4 Å². The number of ketones is 1. The van der Waals surface area contributed by atoms with Crippen LogP contribution >= 0.6 is 23.2 Å². The van der Waals surface area contributed by atoms with E-state index in [2.05, 4.69) is 0 Å². The number of rotatable bonds is 1. The van der Waals surface area contributed by atoms with E-state index in [0.29, 0.717) is 28.2 Å². The molecule has 1 fully saturated rings. The third-order valence-corrected chi connectivity index (χ3v) is 3.64. The van der Waals surface area contributed by atoms with Crippen molar-refractivity contribution in [1.29, 1.82) is 0 Å². The minimum Gasteiger partial charge on any atom is -0.300 e. The van der Waals surface area contributed by atoms with Crippen molar-refractivity contribution in [3.63, 3.8) is 0 Å². The zero-order valence-corrected chi connectivity index (χ0v) is 9.81. The van der Waals surface area contributed by atoms with Gasteiger partial charge in [0.15, 0.2) is 0 Å². The van der Waals surface area contributed by atoms with Crippen molar-refractivity contribution in [3.8, 4) is 0 Å². The molecule has 1 aromatic rings. The molecular weight excluding hydrogens is 231 g/mol. The molecule has 0 aromatic heterocycles. The lowest BCUT2D eigenvalue weighted by Crippen LogP contribution is -2.13. The Morgan fingerprint density at radius 3 is 2.67 bits per heavy atom. The first-order valence-corrected chi connectivity index (χ1v) is 5.89. The molecule has 1 atom stereocenters. The van der Waals surface area contributed by atoms with Crippen LogP contribution in [-0.2, 0) is 4.79 Å². The second-order valence-electron chi connectivity index (χ2n) is 4.01. The summed E-state index contributed by atoms with van der Waals surface area (Å²) >= 11 is 11.8. The number of carbonyl (C=O) groups is 1. The molecule has 1 unspecified atom stereocenters. The average Bonchev–Trinajstić information content (AvgIpc) is 2.22. The summed E-state index contributed by atoms with van der Waals surface area (Å²) in [5.74, 6) is 0.693. The number of hydrogen-bond acceptors (Lipinski definition) is 1. The van der Waals surface area contributed by atoms with E-state index in [-0.39, 0.29) is 0 Å². The number of benzene rings is 1. The smallest absolute Gasteiger partial charge is 0.133 e. The molecule has 2 rings (SSSR count). The minimum absolute atomic E-state index is 0.334. The highest BCUT2D eigenvalue weighted by Crippen LogP contribution is 2.33. The van der Waals surface area contributed by atoms with Crippen LogP contribution in [0.15, 0.2) is 18.2 Å². The van der Waals surface area contributed by atoms with Gasteiger partial charge in [-0.25, -0.2) is 0 Å². The molecule has 1 nitrogen and oxygen atoms in total. The van der Waals surface area contributed by atoms with Crippen molar-refractivity contribution in [3.05, 3.63) is 33.8 Å². The number of halogens is 2. The van der Waals surface area contributed by atoms with Gasteiger partial charge in [0, 0.05) is 12.8 Å². The summed E-state index contributed by atoms with van der Waals surface area (Å²) in [6.45, 7) is 0. The van der Waals surface area contributed by atoms with Crippen molar-refractivity contribution in [2.24, 2.45) is 0 Å². The molecule has 3 heteroatoms. The standard InChI is InChI=1S/C12H12Cl2O/c13-11-5-4-9(7-12(11)14)8-2-1-3-10(15)6-8/h4-5,7-8H,1-3,6H2. The van der Waals surface area contributed by atoms with Crippen LogP contribution in [0.3, 0.4) is 0 Å². The Kier molecular flexibility index (Phi) is 3.32. The van der Waals surface area contributed by atoms with Gasteiger partial charge in [-0.1, -0.05) is 29.3 Å². The molecule has 80 valence electrons. The summed E-state index contributed by atoms with van der Waals surface area (Å²) in [7, 11) is 0. The van der Waals surface area contributed by atoms with Gasteiger partial charge in [-0.3, -0.25) is 4.79 Å². The van der Waals surface area contributed by atoms with Gasteiger partial charge in [-0.05, 0) is 36.5 Å². The van der Waals surface area contributed by atoms with Crippen LogP contribution in [0, 0.1) is 0 Å². The van der Waals surface area contributed by atoms with Crippen molar-refractivity contribution in [2.75, 3.05) is 0 Å². The molecule has 1 aliphatic rings. The first kappa shape index (κ1) is 11.0. The van der Waals surface area contributed by atoms with Gasteiger partial charge in [-0.15, -0.1) is 0 Å². The van der Waals surface area contributed by atoms with Crippen LogP contribution in [0.4, 0.5) is 0 Å². The number of carbonyl (C=O) groups excluding carboxylic acids is 1. The van der Waals surface area contributed by atoms with Gasteiger partial charge in [0.2, 0.25) is 0 Å². The molecule has 0 spiro atoms. The first-order chi connectivity index (χ1) is 7.16. The van der Waals surface area contributed by atoms with Crippen molar-refractivity contribution < 1.29 is 4.79 Å². The molecule has 0 heterocycles. The lowest BCUT2D eigenvalue weighted by atomic mass is 9.83. The first-order valence-electron chi connectivity index (χ1n) is 5.13. The lowest BCUT2D eigenvalue weighted by Gasteiger charge is -2.21. The third kappa shape index (κ3) is 2.53. The van der Waals surface area contributed by atoms with Crippen LogP contribution in [0.1, 0.15) is 37.2 Å². The van der Waals surface area contributed by atoms with Gasteiger partial charge < -0.3 is 0 Å². The van der Waals surface area contributed by atoms with Crippen molar-refractivity contribution >= 4 is 29.0 Å². The predicted molar refractivity (Wildman–Crippen MR) is 62.7 cm³/mol. The normalized spacial score (nSPS) is 21.7. The Hall–Kier alpha value is -0.530. The molecule has 0 bridgehead atoms. The van der Waals surface area contributed by atoms with Crippen LogP contribution in [0.5, 0.6) is 0 Å². The molecular formula is C12H12Cl2O. The van der Waals surface area contributed by atoms with Crippen molar-refractivity contribution in [1.82, 2.24) is 0 Å². The Morgan fingerprint density at radius 2 is 2.00 bits per heavy atom. The number of Topliss-reactive ketones (excluding diaryl/α,β-unsaturated/α-hetero) is 1. The molecule has 1 saturated carbocycles. The Bertz CT molecular complexity index is 387. The van der Waals surface area contributed by atoms with Gasteiger partial charge in [-0.2, -0.15) is 0 Å². The maximum absolute atomic E-state index is 11.3. The second-order valence-corrected chi connectivity index (χ2v) is 4.82. The highest BCUT2D eigenvalue weighted by atomic mass is 35.5. The highest BCUT2D eigenvalue weighted by molar-refractivity contribution is 6.42. The van der Waals surface area contributed by atoms with E-state index >= 15 is 0 Å². The fourth-order valence-corrected chi connectivity index (χ4v) is 2.38. The molecule has 0 amide bonds. The molecule has 0 saturated heterocycles. The maximum atomic E-state index is 11.3. The maximum Gasteiger partial charge on any atom is 0.133 e. The Morgan fingerprint density at radius 1 is 1.20 bits per heavy atom. The van der Waals surface area contributed by atoms with Crippen molar-refractivity contribution in [2.45, 2.75) is 31.6 Å². The predicted octanol–water partition coefficient (Wildman–Crippen LogP) is 4.22. The highest BCUT2D eigenvalue weighted by Gasteiger charge is 2.21. The van der Waals surface area contributed by atoms with E-state index in [1.165, 1.54) is 0 Å². The van der Waals surface area contributed by atoms with Crippen LogP contribution < -0.4 is 0 Å². The summed E-state index contributed by atoms with van der Waals surface area (Å²) in [6.07, 6.45) is 3.45. The van der Waals surface area contributed by atoms with E-state index in [1.54, 1.807) is 6.07 Å². The summed E-state index contributed by atoms with van der Waals surface area (Å²) in [4.78, 5) is 11.3. The van der Waals surface area contributed by atoms with Gasteiger partial charge in [0.25, 0.3) is 0 Å². The quantitative estimate of drug-likeness (QED) is 0.721. The fraction of sp³-hybridized carbons (Fsp3) is 0.417. The van der Waals surface area contributed by atoms with E-state index in [0.717, 1.165) is 24.8 Å². The SMILES string of the molecule is O=C1CCCC(c2ccc(Cl)c(Cl)c2)C1. The third-order valence-electron chi connectivity index (χ3n) is 2.90. The summed E-state index contributed by atoms with van der Waals surface area (Å²) < 4.78 is 0. The van der Waals surface area contributed by atoms with Crippen LogP contribution in [0.2, 0.25) is 10.0 Å². The van der Waals surface area contributed by atoms with Crippen LogP contribution in [-0.4, -0.2) is 5.78 Å². The van der Waals surface area contributed by atoms with Gasteiger partial charge in [0.05, 0.1) is 10.0 Å². The molecule has 0 radical (unpaired) electrons. The lowest BCUT2D eigenvalue weighted by molar-refractivity contribution is -0.120. The molecule has 1 aliphatic carbocycles. The van der Waals surface area contributed by atoms with Gasteiger partial charge in [0.1, 0.15) is 5.78 Å².